The van der Waals surface area contributed by atoms with Gasteiger partial charge in [0.25, 0.3) is 0 Å². The number of ether oxygens (including phenoxy) is 1. The van der Waals surface area contributed by atoms with Gasteiger partial charge in [-0.2, -0.15) is 0 Å². The second kappa shape index (κ2) is 3.44. The van der Waals surface area contributed by atoms with Crippen molar-refractivity contribution in [3.8, 4) is 0 Å². The fraction of sp³-hybridized carbons (Fsp3) is 0.889. The molecule has 1 saturated heterocycles. The minimum absolute atomic E-state index is 0.0916. The maximum atomic E-state index is 10.8. The van der Waals surface area contributed by atoms with Crippen LogP contribution in [-0.2, 0) is 9.53 Å². The molecule has 3 heteroatoms. The summed E-state index contributed by atoms with van der Waals surface area (Å²) in [6, 6.07) is 0. The van der Waals surface area contributed by atoms with E-state index in [2.05, 4.69) is 5.32 Å². The predicted molar refractivity (Wildman–Crippen MR) is 46.8 cm³/mol. The Labute approximate surface area is 73.5 Å². The molecule has 0 aliphatic carbocycles. The van der Waals surface area contributed by atoms with Crippen LogP contribution in [0.25, 0.3) is 0 Å². The summed E-state index contributed by atoms with van der Waals surface area (Å²) in [5.74, 6) is 0.522. The van der Waals surface area contributed by atoms with Crippen LogP contribution in [0.4, 0.5) is 0 Å². The predicted octanol–water partition coefficient (Wildman–Crippen LogP) is 0.938. The molecule has 0 unspecified atom stereocenters. The van der Waals surface area contributed by atoms with Crippen LogP contribution >= 0.6 is 0 Å². The molecule has 1 fully saturated rings. The Hall–Kier alpha value is -0.570. The summed E-state index contributed by atoms with van der Waals surface area (Å²) in [5, 5.41) is 2.79. The zero-order valence-corrected chi connectivity index (χ0v) is 8.02. The van der Waals surface area contributed by atoms with E-state index >= 15 is 0 Å². The van der Waals surface area contributed by atoms with Crippen molar-refractivity contribution in [2.24, 2.45) is 5.92 Å². The lowest BCUT2D eigenvalue weighted by Gasteiger charge is -2.21. The third-order valence-electron chi connectivity index (χ3n) is 1.81. The minimum Gasteiger partial charge on any atom is -0.375 e. The molecule has 0 saturated carbocycles. The number of carbonyl (C=O) groups excluding carboxylic acids is 1. The highest BCUT2D eigenvalue weighted by Gasteiger charge is 2.23. The molecule has 1 N–H and O–H groups in total. The lowest BCUT2D eigenvalue weighted by atomic mass is 10.1. The van der Waals surface area contributed by atoms with Crippen molar-refractivity contribution in [2.45, 2.75) is 32.8 Å². The first kappa shape index (κ1) is 9.52. The molecule has 1 atom stereocenters. The summed E-state index contributed by atoms with van der Waals surface area (Å²) in [7, 11) is 0. The molecule has 3 nitrogen and oxygen atoms in total. The van der Waals surface area contributed by atoms with Crippen LogP contribution in [-0.4, -0.2) is 24.7 Å². The lowest BCUT2D eigenvalue weighted by Crippen LogP contribution is -2.24. The van der Waals surface area contributed by atoms with E-state index in [0.29, 0.717) is 18.9 Å². The molecule has 1 aliphatic rings. The van der Waals surface area contributed by atoms with Gasteiger partial charge in [-0.15, -0.1) is 0 Å². The Morgan fingerprint density at radius 1 is 1.58 bits per heavy atom. The number of nitrogens with one attached hydrogen (secondary N) is 1. The van der Waals surface area contributed by atoms with Crippen LogP contribution < -0.4 is 5.32 Å². The first-order chi connectivity index (χ1) is 5.47. The molecule has 0 aromatic carbocycles. The average Bonchev–Trinajstić information content (AvgIpc) is 2.30. The number of hydrogen-bond acceptors (Lipinski definition) is 2. The van der Waals surface area contributed by atoms with Gasteiger partial charge in [0.1, 0.15) is 0 Å². The van der Waals surface area contributed by atoms with Gasteiger partial charge in [0, 0.05) is 18.9 Å². The molecule has 1 aliphatic heterocycles. The summed E-state index contributed by atoms with van der Waals surface area (Å²) in [6.45, 7) is 7.53. The first-order valence-corrected chi connectivity index (χ1v) is 4.38. The van der Waals surface area contributed by atoms with Crippen molar-refractivity contribution >= 4 is 5.91 Å². The van der Waals surface area contributed by atoms with Gasteiger partial charge in [0.15, 0.2) is 0 Å². The van der Waals surface area contributed by atoms with Crippen molar-refractivity contribution in [1.29, 1.82) is 0 Å². The average molecular weight is 171 g/mol. The molecule has 0 bridgehead atoms. The Balaban J connectivity index is 2.20. The molecular formula is C9H17NO2. The fourth-order valence-electron chi connectivity index (χ4n) is 1.15. The Morgan fingerprint density at radius 3 is 2.67 bits per heavy atom. The van der Waals surface area contributed by atoms with Gasteiger partial charge in [-0.1, -0.05) is 0 Å². The molecule has 1 heterocycles. The van der Waals surface area contributed by atoms with E-state index in [1.54, 1.807) is 0 Å². The smallest absolute Gasteiger partial charge is 0.220 e. The Kier molecular flexibility index (Phi) is 2.73. The van der Waals surface area contributed by atoms with Gasteiger partial charge < -0.3 is 10.1 Å². The number of hydrogen-bond donors (Lipinski definition) is 1. The van der Waals surface area contributed by atoms with E-state index in [9.17, 15) is 4.79 Å². The van der Waals surface area contributed by atoms with Gasteiger partial charge in [-0.3, -0.25) is 4.79 Å². The van der Waals surface area contributed by atoms with Crippen molar-refractivity contribution in [2.75, 3.05) is 13.2 Å². The minimum atomic E-state index is -0.0916. The van der Waals surface area contributed by atoms with Crippen LogP contribution in [0.1, 0.15) is 27.2 Å². The molecule has 1 rings (SSSR count). The van der Waals surface area contributed by atoms with Crippen LogP contribution in [0, 0.1) is 5.92 Å². The third-order valence-corrected chi connectivity index (χ3v) is 1.81. The SMILES string of the molecule is CC(C)(C)OC[C@@H]1CNC(=O)C1. The monoisotopic (exact) mass is 171 g/mol. The summed E-state index contributed by atoms with van der Waals surface area (Å²) in [6.07, 6.45) is 0.621. The topological polar surface area (TPSA) is 38.3 Å². The third kappa shape index (κ3) is 3.22. The fourth-order valence-corrected chi connectivity index (χ4v) is 1.15. The van der Waals surface area contributed by atoms with E-state index in [-0.39, 0.29) is 11.5 Å². The summed E-state index contributed by atoms with van der Waals surface area (Å²) >= 11 is 0. The van der Waals surface area contributed by atoms with E-state index in [1.165, 1.54) is 0 Å². The van der Waals surface area contributed by atoms with Gasteiger partial charge in [0.2, 0.25) is 5.91 Å². The van der Waals surface area contributed by atoms with Gasteiger partial charge >= 0.3 is 0 Å². The molecular weight excluding hydrogens is 154 g/mol. The molecule has 0 spiro atoms. The van der Waals surface area contributed by atoms with Crippen LogP contribution in [0.15, 0.2) is 0 Å². The second-order valence-corrected chi connectivity index (χ2v) is 4.30. The van der Waals surface area contributed by atoms with E-state index in [4.69, 9.17) is 4.74 Å². The quantitative estimate of drug-likeness (QED) is 0.671. The van der Waals surface area contributed by atoms with Crippen molar-refractivity contribution in [1.82, 2.24) is 5.32 Å². The molecule has 70 valence electrons. The van der Waals surface area contributed by atoms with E-state index in [1.807, 2.05) is 20.8 Å². The standard InChI is InChI=1S/C9H17NO2/c1-9(2,3)12-6-7-4-8(11)10-5-7/h7H,4-6H2,1-3H3,(H,10,11)/t7-/m0/s1. The number of carbonyl (C=O) groups is 1. The lowest BCUT2D eigenvalue weighted by molar-refractivity contribution is -0.119. The summed E-state index contributed by atoms with van der Waals surface area (Å²) in [5.41, 5.74) is -0.0916. The first-order valence-electron chi connectivity index (χ1n) is 4.38. The largest absolute Gasteiger partial charge is 0.375 e. The highest BCUT2D eigenvalue weighted by molar-refractivity contribution is 5.78. The second-order valence-electron chi connectivity index (χ2n) is 4.30. The zero-order valence-electron chi connectivity index (χ0n) is 8.02. The number of amides is 1. The molecule has 12 heavy (non-hydrogen) atoms. The summed E-state index contributed by atoms with van der Waals surface area (Å²) < 4.78 is 5.57. The van der Waals surface area contributed by atoms with Crippen molar-refractivity contribution in [3.63, 3.8) is 0 Å². The van der Waals surface area contributed by atoms with Crippen LogP contribution in [0.2, 0.25) is 0 Å². The van der Waals surface area contributed by atoms with Crippen LogP contribution in [0.3, 0.4) is 0 Å². The number of rotatable bonds is 2. The van der Waals surface area contributed by atoms with E-state index < -0.39 is 0 Å². The molecule has 0 radical (unpaired) electrons. The van der Waals surface area contributed by atoms with Gasteiger partial charge in [-0.05, 0) is 20.8 Å². The highest BCUT2D eigenvalue weighted by atomic mass is 16.5. The summed E-state index contributed by atoms with van der Waals surface area (Å²) in [4.78, 5) is 10.8. The Morgan fingerprint density at radius 2 is 2.25 bits per heavy atom. The Bertz CT molecular complexity index is 172. The normalized spacial score (nSPS) is 24.2. The maximum Gasteiger partial charge on any atom is 0.220 e. The molecule has 1 amide bonds. The van der Waals surface area contributed by atoms with Gasteiger partial charge in [-0.25, -0.2) is 0 Å². The van der Waals surface area contributed by atoms with Crippen molar-refractivity contribution < 1.29 is 9.53 Å². The molecule has 0 aromatic rings. The maximum absolute atomic E-state index is 10.8. The zero-order chi connectivity index (χ0) is 9.19. The van der Waals surface area contributed by atoms with Gasteiger partial charge in [0.05, 0.1) is 12.2 Å². The molecule has 0 aromatic heterocycles. The van der Waals surface area contributed by atoms with E-state index in [0.717, 1.165) is 6.54 Å². The highest BCUT2D eigenvalue weighted by Crippen LogP contribution is 2.14. The van der Waals surface area contributed by atoms with Crippen molar-refractivity contribution in [3.05, 3.63) is 0 Å². The van der Waals surface area contributed by atoms with Crippen LogP contribution in [0.5, 0.6) is 0 Å².